The second-order valence-electron chi connectivity index (χ2n) is 4.48. The molecule has 0 amide bonds. The first-order valence-electron chi connectivity index (χ1n) is 6.20. The van der Waals surface area contributed by atoms with Gasteiger partial charge < -0.3 is 5.32 Å². The van der Waals surface area contributed by atoms with Gasteiger partial charge in [0.25, 0.3) is 0 Å². The highest BCUT2D eigenvalue weighted by molar-refractivity contribution is 7.90. The second kappa shape index (κ2) is 6.26. The summed E-state index contributed by atoms with van der Waals surface area (Å²) in [4.78, 5) is 1.41. The summed E-state index contributed by atoms with van der Waals surface area (Å²) in [5, 5.41) is 3.36. The fourth-order valence-corrected chi connectivity index (χ4v) is 3.84. The van der Waals surface area contributed by atoms with Crippen molar-refractivity contribution in [2.24, 2.45) is 0 Å². The van der Waals surface area contributed by atoms with E-state index in [2.05, 4.69) is 5.32 Å². The van der Waals surface area contributed by atoms with Gasteiger partial charge in [-0.1, -0.05) is 30.7 Å². The van der Waals surface area contributed by atoms with Crippen molar-refractivity contribution >= 4 is 32.8 Å². The lowest BCUT2D eigenvalue weighted by molar-refractivity contribution is 0.600. The molecule has 3 nitrogen and oxygen atoms in total. The monoisotopic (exact) mass is 329 g/mol. The smallest absolute Gasteiger partial charge is 0.175 e. The maximum atomic E-state index is 11.7. The molecule has 0 saturated carbocycles. The highest BCUT2D eigenvalue weighted by Gasteiger charge is 2.17. The fourth-order valence-electron chi connectivity index (χ4n) is 2.00. The Morgan fingerprint density at radius 1 is 1.30 bits per heavy atom. The van der Waals surface area contributed by atoms with E-state index in [0.717, 1.165) is 21.3 Å². The van der Waals surface area contributed by atoms with E-state index in [4.69, 9.17) is 11.6 Å². The molecule has 2 rings (SSSR count). The first kappa shape index (κ1) is 15.5. The normalized spacial score (nSPS) is 13.3. The molecule has 0 fully saturated rings. The molecule has 0 aliphatic rings. The number of benzene rings is 1. The zero-order valence-electron chi connectivity index (χ0n) is 11.3. The summed E-state index contributed by atoms with van der Waals surface area (Å²) in [7, 11) is -3.20. The number of thiophene rings is 1. The minimum Gasteiger partial charge on any atom is -0.306 e. The van der Waals surface area contributed by atoms with E-state index in [1.807, 2.05) is 25.1 Å². The van der Waals surface area contributed by atoms with Crippen molar-refractivity contribution < 1.29 is 8.42 Å². The number of rotatable bonds is 5. The van der Waals surface area contributed by atoms with Crippen LogP contribution in [-0.2, 0) is 9.84 Å². The van der Waals surface area contributed by atoms with Crippen molar-refractivity contribution in [1.82, 2.24) is 5.32 Å². The molecule has 0 spiro atoms. The molecular weight excluding hydrogens is 314 g/mol. The molecule has 2 aromatic rings. The third kappa shape index (κ3) is 3.61. The van der Waals surface area contributed by atoms with Gasteiger partial charge in [-0.2, -0.15) is 0 Å². The van der Waals surface area contributed by atoms with Crippen molar-refractivity contribution in [1.29, 1.82) is 0 Å². The molecule has 0 bridgehead atoms. The lowest BCUT2D eigenvalue weighted by Crippen LogP contribution is -2.21. The molecule has 1 atom stereocenters. The van der Waals surface area contributed by atoms with Crippen LogP contribution in [0.3, 0.4) is 0 Å². The van der Waals surface area contributed by atoms with Gasteiger partial charge in [-0.05, 0) is 36.4 Å². The number of hydrogen-bond acceptors (Lipinski definition) is 4. The standard InChI is InChI=1S/C14H16ClNO2S2/c1-3-16-14(12-7-8-13(15)19-12)10-5-4-6-11(9-10)20(2,17)18/h4-9,14,16H,3H2,1-2H3. The molecule has 0 radical (unpaired) electrons. The highest BCUT2D eigenvalue weighted by atomic mass is 35.5. The van der Waals surface area contributed by atoms with Gasteiger partial charge in [-0.25, -0.2) is 8.42 Å². The van der Waals surface area contributed by atoms with Crippen molar-refractivity contribution in [2.45, 2.75) is 17.9 Å². The molecule has 108 valence electrons. The molecule has 0 saturated heterocycles. The molecular formula is C14H16ClNO2S2. The molecule has 1 aromatic heterocycles. The topological polar surface area (TPSA) is 46.2 Å². The van der Waals surface area contributed by atoms with E-state index >= 15 is 0 Å². The van der Waals surface area contributed by atoms with Gasteiger partial charge in [0, 0.05) is 11.1 Å². The van der Waals surface area contributed by atoms with Crippen LogP contribution in [0, 0.1) is 0 Å². The van der Waals surface area contributed by atoms with Crippen molar-refractivity contribution in [3.8, 4) is 0 Å². The Bertz CT molecular complexity index is 695. The van der Waals surface area contributed by atoms with Crippen LogP contribution >= 0.6 is 22.9 Å². The summed E-state index contributed by atoms with van der Waals surface area (Å²) in [5.74, 6) is 0. The highest BCUT2D eigenvalue weighted by Crippen LogP contribution is 2.31. The molecule has 1 heterocycles. The largest absolute Gasteiger partial charge is 0.306 e. The zero-order chi connectivity index (χ0) is 14.8. The number of nitrogens with one attached hydrogen (secondary N) is 1. The molecule has 1 N–H and O–H groups in total. The van der Waals surface area contributed by atoms with Crippen LogP contribution in [0.15, 0.2) is 41.3 Å². The van der Waals surface area contributed by atoms with Gasteiger partial charge in [0.05, 0.1) is 15.3 Å². The zero-order valence-corrected chi connectivity index (χ0v) is 13.6. The summed E-state index contributed by atoms with van der Waals surface area (Å²) in [6.45, 7) is 2.80. The summed E-state index contributed by atoms with van der Waals surface area (Å²) < 4.78 is 24.1. The SMILES string of the molecule is CCNC(c1cccc(S(C)(=O)=O)c1)c1ccc(Cl)s1. The van der Waals surface area contributed by atoms with Crippen LogP contribution < -0.4 is 5.32 Å². The van der Waals surface area contributed by atoms with E-state index in [9.17, 15) is 8.42 Å². The third-order valence-electron chi connectivity index (χ3n) is 2.91. The molecule has 1 unspecified atom stereocenters. The minimum atomic E-state index is -3.20. The Kier molecular flexibility index (Phi) is 4.86. The van der Waals surface area contributed by atoms with Crippen molar-refractivity contribution in [3.63, 3.8) is 0 Å². The minimum absolute atomic E-state index is 0.0424. The predicted molar refractivity (Wildman–Crippen MR) is 84.4 cm³/mol. The summed E-state index contributed by atoms with van der Waals surface area (Å²) in [6.07, 6.45) is 1.22. The Balaban J connectivity index is 2.45. The third-order valence-corrected chi connectivity index (χ3v) is 5.31. The van der Waals surface area contributed by atoms with E-state index in [0.29, 0.717) is 4.90 Å². The van der Waals surface area contributed by atoms with Gasteiger partial charge in [0.1, 0.15) is 0 Å². The second-order valence-corrected chi connectivity index (χ2v) is 8.24. The van der Waals surface area contributed by atoms with E-state index in [1.54, 1.807) is 18.2 Å². The first-order valence-corrected chi connectivity index (χ1v) is 9.29. The average Bonchev–Trinajstić information content (AvgIpc) is 2.81. The van der Waals surface area contributed by atoms with Crippen molar-refractivity contribution in [2.75, 3.05) is 12.8 Å². The quantitative estimate of drug-likeness (QED) is 0.913. The summed E-state index contributed by atoms with van der Waals surface area (Å²) >= 11 is 7.49. The lowest BCUT2D eigenvalue weighted by atomic mass is 10.1. The summed E-state index contributed by atoms with van der Waals surface area (Å²) in [5.41, 5.74) is 0.924. The van der Waals surface area contributed by atoms with Crippen LogP contribution in [0.5, 0.6) is 0 Å². The molecule has 1 aromatic carbocycles. The van der Waals surface area contributed by atoms with Gasteiger partial charge in [0.15, 0.2) is 9.84 Å². The summed E-state index contributed by atoms with van der Waals surface area (Å²) in [6, 6.07) is 10.8. The molecule has 20 heavy (non-hydrogen) atoms. The average molecular weight is 330 g/mol. The Hall–Kier alpha value is -0.880. The van der Waals surface area contributed by atoms with Crippen LogP contribution in [0.1, 0.15) is 23.4 Å². The van der Waals surface area contributed by atoms with Gasteiger partial charge in [0.2, 0.25) is 0 Å². The number of halogens is 1. The van der Waals surface area contributed by atoms with E-state index in [1.165, 1.54) is 17.6 Å². The van der Waals surface area contributed by atoms with Crippen LogP contribution in [-0.4, -0.2) is 21.2 Å². The number of hydrogen-bond donors (Lipinski definition) is 1. The number of sulfone groups is 1. The van der Waals surface area contributed by atoms with Crippen LogP contribution in [0.2, 0.25) is 4.34 Å². The lowest BCUT2D eigenvalue weighted by Gasteiger charge is -2.17. The maximum absolute atomic E-state index is 11.7. The van der Waals surface area contributed by atoms with Crippen LogP contribution in [0.4, 0.5) is 0 Å². The predicted octanol–water partition coefficient (Wildman–Crippen LogP) is 3.50. The Labute approximate surface area is 128 Å². The maximum Gasteiger partial charge on any atom is 0.175 e. The Morgan fingerprint density at radius 2 is 2.05 bits per heavy atom. The van der Waals surface area contributed by atoms with Gasteiger partial charge >= 0.3 is 0 Å². The molecule has 0 aliphatic heterocycles. The van der Waals surface area contributed by atoms with Crippen molar-refractivity contribution in [3.05, 3.63) is 51.2 Å². The first-order chi connectivity index (χ1) is 9.41. The van der Waals surface area contributed by atoms with E-state index < -0.39 is 9.84 Å². The molecule has 6 heteroatoms. The van der Waals surface area contributed by atoms with Gasteiger partial charge in [-0.3, -0.25) is 0 Å². The Morgan fingerprint density at radius 3 is 2.60 bits per heavy atom. The van der Waals surface area contributed by atoms with Gasteiger partial charge in [-0.15, -0.1) is 11.3 Å². The fraction of sp³-hybridized carbons (Fsp3) is 0.286. The van der Waals surface area contributed by atoms with Crippen LogP contribution in [0.25, 0.3) is 0 Å². The van der Waals surface area contributed by atoms with E-state index in [-0.39, 0.29) is 6.04 Å². The molecule has 0 aliphatic carbocycles.